The second-order valence-corrected chi connectivity index (χ2v) is 14.5. The van der Waals surface area contributed by atoms with Crippen LogP contribution < -0.4 is 10.1 Å². The summed E-state index contributed by atoms with van der Waals surface area (Å²) in [6.07, 6.45) is 7.54. The molecule has 11 nitrogen and oxygen atoms in total. The summed E-state index contributed by atoms with van der Waals surface area (Å²) >= 11 is 0. The lowest BCUT2D eigenvalue weighted by Crippen LogP contribution is -2.43. The fourth-order valence-corrected chi connectivity index (χ4v) is 7.40. The predicted octanol–water partition coefficient (Wildman–Crippen LogP) is 5.52. The van der Waals surface area contributed by atoms with Crippen LogP contribution in [0.25, 0.3) is 32.9 Å². The molecule has 2 saturated heterocycles. The maximum Gasteiger partial charge on any atom is 0.317 e. The highest BCUT2D eigenvalue weighted by molar-refractivity contribution is 7.85. The van der Waals surface area contributed by atoms with Crippen molar-refractivity contribution in [3.05, 3.63) is 77.5 Å². The van der Waals surface area contributed by atoms with E-state index < -0.39 is 46.2 Å². The zero-order chi connectivity index (χ0) is 36.1. The fraction of sp³-hybridized carbons (Fsp3) is 0.306. The van der Waals surface area contributed by atoms with E-state index in [0.29, 0.717) is 29.6 Å². The molecule has 0 radical (unpaired) electrons. The molecular weight excluding hydrogens is 687 g/mol. The Bertz CT molecular complexity index is 2340. The Morgan fingerprint density at radius 2 is 2.02 bits per heavy atom. The molecule has 2 aromatic heterocycles. The number of fused-ring (bicyclic) bond motifs is 3. The van der Waals surface area contributed by atoms with Crippen LogP contribution in [-0.4, -0.2) is 82.8 Å². The molecule has 7 rings (SSSR count). The zero-order valence-electron chi connectivity index (χ0n) is 27.2. The van der Waals surface area contributed by atoms with Crippen LogP contribution in [0.4, 0.5) is 24.7 Å². The Morgan fingerprint density at radius 1 is 1.20 bits per heavy atom. The van der Waals surface area contributed by atoms with Crippen LogP contribution in [0.2, 0.25) is 0 Å². The van der Waals surface area contributed by atoms with Gasteiger partial charge in [-0.15, -0.1) is 6.42 Å². The molecule has 2 fully saturated rings. The topological polar surface area (TPSA) is 147 Å². The van der Waals surface area contributed by atoms with Crippen molar-refractivity contribution in [2.45, 2.75) is 37.1 Å². The summed E-state index contributed by atoms with van der Waals surface area (Å²) < 4.78 is 79.8. The molecule has 51 heavy (non-hydrogen) atoms. The summed E-state index contributed by atoms with van der Waals surface area (Å²) in [4.78, 5) is 15.4. The molecule has 1 unspecified atom stereocenters. The second kappa shape index (κ2) is 13.3. The number of aliphatic hydroxyl groups excluding tert-OH is 1. The first-order chi connectivity index (χ1) is 24.3. The van der Waals surface area contributed by atoms with Crippen molar-refractivity contribution in [1.82, 2.24) is 19.9 Å². The van der Waals surface area contributed by atoms with Crippen LogP contribution in [0.3, 0.4) is 0 Å². The van der Waals surface area contributed by atoms with Gasteiger partial charge >= 0.3 is 6.01 Å². The number of aromatic hydroxyl groups is 1. The molecule has 0 saturated carbocycles. The smallest absolute Gasteiger partial charge is 0.317 e. The molecule has 15 heteroatoms. The quantitative estimate of drug-likeness (QED) is 0.124. The summed E-state index contributed by atoms with van der Waals surface area (Å²) in [6.45, 7) is 0.651. The molecular formula is C36H32F3N5O6S. The lowest BCUT2D eigenvalue weighted by Gasteiger charge is -2.30. The first kappa shape index (κ1) is 34.4. The fourth-order valence-electron chi connectivity index (χ4n) is 7.03. The van der Waals surface area contributed by atoms with Gasteiger partial charge in [-0.2, -0.15) is 13.4 Å². The molecule has 2 aliphatic rings. The average molecular weight is 720 g/mol. The van der Waals surface area contributed by atoms with Crippen molar-refractivity contribution in [2.75, 3.05) is 37.9 Å². The number of terminal acetylenes is 1. The summed E-state index contributed by atoms with van der Waals surface area (Å²) in [7, 11) is -3.81. The van der Waals surface area contributed by atoms with E-state index in [4.69, 9.17) is 15.3 Å². The highest BCUT2D eigenvalue weighted by Gasteiger charge is 2.49. The minimum absolute atomic E-state index is 0.0106. The predicted molar refractivity (Wildman–Crippen MR) is 184 cm³/mol. The van der Waals surface area contributed by atoms with E-state index in [9.17, 15) is 27.4 Å². The highest BCUT2D eigenvalue weighted by atomic mass is 32.2. The van der Waals surface area contributed by atoms with Crippen LogP contribution in [0.5, 0.6) is 11.8 Å². The number of aromatic nitrogens is 3. The van der Waals surface area contributed by atoms with Gasteiger partial charge in [0.05, 0.1) is 29.4 Å². The minimum Gasteiger partial charge on any atom is -0.508 e. The van der Waals surface area contributed by atoms with Gasteiger partial charge < -0.3 is 20.3 Å². The van der Waals surface area contributed by atoms with E-state index in [1.54, 1.807) is 18.2 Å². The Kier molecular flexibility index (Phi) is 8.96. The highest BCUT2D eigenvalue weighted by Crippen LogP contribution is 2.42. The first-order valence-electron chi connectivity index (χ1n) is 16.0. The molecule has 0 amide bonds. The van der Waals surface area contributed by atoms with Crippen LogP contribution in [0.15, 0.2) is 54.7 Å². The van der Waals surface area contributed by atoms with Crippen LogP contribution in [0, 0.1) is 24.0 Å². The van der Waals surface area contributed by atoms with E-state index in [1.165, 1.54) is 30.5 Å². The molecule has 2 aliphatic heterocycles. The van der Waals surface area contributed by atoms with Gasteiger partial charge in [0.2, 0.25) is 0 Å². The van der Waals surface area contributed by atoms with Gasteiger partial charge in [-0.1, -0.05) is 24.1 Å². The normalized spacial score (nSPS) is 19.6. The molecule has 4 heterocycles. The number of hydrogen-bond acceptors (Lipinski definition) is 11. The van der Waals surface area contributed by atoms with E-state index >= 15 is 4.39 Å². The number of rotatable bonds is 10. The van der Waals surface area contributed by atoms with Crippen LogP contribution in [0.1, 0.15) is 36.5 Å². The minimum atomic E-state index is -3.81. The van der Waals surface area contributed by atoms with Gasteiger partial charge in [0.1, 0.15) is 47.5 Å². The van der Waals surface area contributed by atoms with Crippen molar-refractivity contribution in [1.29, 1.82) is 0 Å². The van der Waals surface area contributed by atoms with Gasteiger partial charge in [0, 0.05) is 35.8 Å². The summed E-state index contributed by atoms with van der Waals surface area (Å²) in [5, 5.41) is 24.9. The molecule has 3 N–H and O–H groups in total. The number of ether oxygens (including phenoxy) is 1. The lowest BCUT2D eigenvalue weighted by molar-refractivity contribution is 0.107. The number of phenolic OH excluding ortho intramolecular Hbond substituents is 1. The number of halogens is 3. The van der Waals surface area contributed by atoms with Gasteiger partial charge in [-0.3, -0.25) is 9.08 Å². The molecule has 3 atom stereocenters. The number of hydrogen-bond donors (Lipinski definition) is 3. The summed E-state index contributed by atoms with van der Waals surface area (Å²) in [5.41, 5.74) is -0.573. The van der Waals surface area contributed by atoms with Gasteiger partial charge in [0.25, 0.3) is 10.1 Å². The molecule has 0 spiro atoms. The van der Waals surface area contributed by atoms with Gasteiger partial charge in [-0.25, -0.2) is 23.1 Å². The number of benzene rings is 3. The maximum absolute atomic E-state index is 16.8. The third kappa shape index (κ3) is 6.75. The standard InChI is InChI=1S/C36H32F3N5O6S/c1-3-25-28(38)9-8-21-13-24(45)14-26(30(21)25)32-31(39)33-27(16-40-35(43-33)49-19-36-10-5-11-44(36)17-22(37)15-36)34(42-32)41-23-7-4-6-20(12-23)29(46)18-50-51(2,47)48/h1,4,6-9,12-14,16,22,29,45-46H,5,10-11,15,17-19H2,2H3,(H,41,42)/t22-,29?,36+/m1/s1. The van der Waals surface area contributed by atoms with E-state index in [0.717, 1.165) is 31.7 Å². The van der Waals surface area contributed by atoms with Crippen LogP contribution in [-0.2, 0) is 14.3 Å². The van der Waals surface area contributed by atoms with Gasteiger partial charge in [-0.05, 0) is 60.7 Å². The first-order valence-corrected chi connectivity index (χ1v) is 17.9. The summed E-state index contributed by atoms with van der Waals surface area (Å²) in [6, 6.07) is 11.3. The number of anilines is 2. The Morgan fingerprint density at radius 3 is 2.80 bits per heavy atom. The van der Waals surface area contributed by atoms with Crippen molar-refractivity contribution in [3.8, 4) is 35.4 Å². The molecule has 3 aromatic carbocycles. The molecule has 0 aliphatic carbocycles. The van der Waals surface area contributed by atoms with E-state index in [2.05, 4.69) is 31.1 Å². The number of phenols is 1. The second-order valence-electron chi connectivity index (χ2n) is 12.8. The van der Waals surface area contributed by atoms with Crippen molar-refractivity contribution < 1.29 is 40.7 Å². The maximum atomic E-state index is 16.8. The third-order valence-electron chi connectivity index (χ3n) is 9.32. The molecule has 264 valence electrons. The number of nitrogens with one attached hydrogen (secondary N) is 1. The molecule has 0 bridgehead atoms. The van der Waals surface area contributed by atoms with Crippen molar-refractivity contribution in [3.63, 3.8) is 0 Å². The third-order valence-corrected chi connectivity index (χ3v) is 9.88. The Labute approximate surface area is 291 Å². The number of alkyl halides is 1. The van der Waals surface area contributed by atoms with Gasteiger partial charge in [0.15, 0.2) is 5.82 Å². The monoisotopic (exact) mass is 719 g/mol. The zero-order valence-corrected chi connectivity index (χ0v) is 28.1. The van der Waals surface area contributed by atoms with Crippen LogP contribution >= 0.6 is 0 Å². The SMILES string of the molecule is C#Cc1c(F)ccc2cc(O)cc(-c3nc(Nc4cccc(C(O)COS(C)(=O)=O)c4)c4cnc(OC[C@@]56CCCN5C[C@H](F)C6)nc4c3F)c12. The van der Waals surface area contributed by atoms with E-state index in [-0.39, 0.29) is 57.3 Å². The summed E-state index contributed by atoms with van der Waals surface area (Å²) in [5.74, 6) is 0.440. The van der Waals surface area contributed by atoms with Crippen molar-refractivity contribution >= 4 is 43.3 Å². The Hall–Kier alpha value is -5.01. The van der Waals surface area contributed by atoms with Crippen molar-refractivity contribution in [2.24, 2.45) is 0 Å². The number of nitrogens with zero attached hydrogens (tertiary/aromatic N) is 4. The van der Waals surface area contributed by atoms with E-state index in [1.807, 2.05) is 0 Å². The lowest BCUT2D eigenvalue weighted by atomic mass is 9.95. The Balaban J connectivity index is 1.34. The number of aliphatic hydroxyl groups is 1. The average Bonchev–Trinajstić information content (AvgIpc) is 3.62. The largest absolute Gasteiger partial charge is 0.508 e. The number of pyridine rings is 1. The molecule has 5 aromatic rings.